The molecule has 0 saturated carbocycles. The maximum Gasteiger partial charge on any atom is 0.322 e. The van der Waals surface area contributed by atoms with Crippen LogP contribution in [0.25, 0.3) is 0 Å². The van der Waals surface area contributed by atoms with Crippen LogP contribution in [0, 0.1) is 0 Å². The number of hydrogen-bond acceptors (Lipinski definition) is 5. The maximum absolute atomic E-state index is 11.9. The first kappa shape index (κ1) is 18.1. The zero-order chi connectivity index (χ0) is 16.6. The van der Waals surface area contributed by atoms with Gasteiger partial charge in [0, 0.05) is 6.42 Å². The highest BCUT2D eigenvalue weighted by Gasteiger charge is 2.24. The summed E-state index contributed by atoms with van der Waals surface area (Å²) in [5, 5.41) is 9.15. The van der Waals surface area contributed by atoms with Gasteiger partial charge in [0.05, 0.1) is 12.9 Å². The number of sulfonamides is 1. The van der Waals surface area contributed by atoms with Crippen LogP contribution in [0.15, 0.2) is 30.3 Å². The number of carbonyl (C=O) groups is 2. The molecule has 0 spiro atoms. The number of esters is 1. The summed E-state index contributed by atoms with van der Waals surface area (Å²) in [7, 11) is -2.57. The highest BCUT2D eigenvalue weighted by molar-refractivity contribution is 7.89. The average molecular weight is 329 g/mol. The van der Waals surface area contributed by atoms with Crippen LogP contribution in [0.4, 0.5) is 0 Å². The number of carbonyl (C=O) groups excluding carboxylic acids is 1. The van der Waals surface area contributed by atoms with E-state index in [-0.39, 0.29) is 25.0 Å². The number of ether oxygens (including phenoxy) is 1. The maximum atomic E-state index is 11.9. The molecule has 122 valence electrons. The lowest BCUT2D eigenvalue weighted by molar-refractivity contribution is -0.141. The summed E-state index contributed by atoms with van der Waals surface area (Å²) < 4.78 is 30.3. The largest absolute Gasteiger partial charge is 0.480 e. The van der Waals surface area contributed by atoms with Crippen molar-refractivity contribution < 1.29 is 27.9 Å². The van der Waals surface area contributed by atoms with Gasteiger partial charge in [0.2, 0.25) is 10.0 Å². The lowest BCUT2D eigenvalue weighted by Gasteiger charge is -2.14. The van der Waals surface area contributed by atoms with Crippen LogP contribution in [-0.2, 0) is 30.8 Å². The summed E-state index contributed by atoms with van der Waals surface area (Å²) in [6.45, 7) is 0. The molecule has 0 radical (unpaired) electrons. The van der Waals surface area contributed by atoms with Gasteiger partial charge in [0.25, 0.3) is 0 Å². The van der Waals surface area contributed by atoms with E-state index < -0.39 is 28.0 Å². The van der Waals surface area contributed by atoms with E-state index in [9.17, 15) is 18.0 Å². The normalized spacial score (nSPS) is 12.6. The SMILES string of the molecule is COC(=O)CCCS(=O)(=O)N[C@H](Cc1ccccc1)C(=O)O. The van der Waals surface area contributed by atoms with Crippen LogP contribution in [-0.4, -0.2) is 44.4 Å². The lowest BCUT2D eigenvalue weighted by atomic mass is 10.1. The van der Waals surface area contributed by atoms with Gasteiger partial charge in [-0.15, -0.1) is 0 Å². The highest BCUT2D eigenvalue weighted by atomic mass is 32.2. The van der Waals surface area contributed by atoms with Gasteiger partial charge in [0.15, 0.2) is 0 Å². The Hall–Kier alpha value is -1.93. The predicted octanol–water partition coefficient (Wildman–Crippen LogP) is 0.555. The summed E-state index contributed by atoms with van der Waals surface area (Å²) in [6.07, 6.45) is 0.0833. The van der Waals surface area contributed by atoms with Crippen molar-refractivity contribution in [1.82, 2.24) is 4.72 Å². The Morgan fingerprint density at radius 1 is 1.27 bits per heavy atom. The molecule has 0 bridgehead atoms. The Morgan fingerprint density at radius 3 is 2.45 bits per heavy atom. The molecule has 0 unspecified atom stereocenters. The van der Waals surface area contributed by atoms with E-state index >= 15 is 0 Å². The van der Waals surface area contributed by atoms with E-state index in [0.717, 1.165) is 0 Å². The Labute approximate surface area is 129 Å². The number of nitrogens with one attached hydrogen (secondary N) is 1. The van der Waals surface area contributed by atoms with Crippen molar-refractivity contribution in [3.05, 3.63) is 35.9 Å². The van der Waals surface area contributed by atoms with Gasteiger partial charge in [-0.05, 0) is 18.4 Å². The molecule has 8 heteroatoms. The number of carboxylic acids is 1. The van der Waals surface area contributed by atoms with Crippen molar-refractivity contribution in [3.8, 4) is 0 Å². The van der Waals surface area contributed by atoms with Gasteiger partial charge in [0.1, 0.15) is 6.04 Å². The van der Waals surface area contributed by atoms with Crippen LogP contribution < -0.4 is 4.72 Å². The van der Waals surface area contributed by atoms with E-state index in [1.165, 1.54) is 7.11 Å². The molecule has 1 aromatic carbocycles. The molecule has 0 saturated heterocycles. The second-order valence-electron chi connectivity index (χ2n) is 4.70. The molecule has 0 aliphatic heterocycles. The Bertz CT molecular complexity index is 599. The second kappa shape index (κ2) is 8.50. The Kier molecular flexibility index (Phi) is 7.00. The molecular formula is C14H19NO6S. The quantitative estimate of drug-likeness (QED) is 0.640. The molecule has 0 amide bonds. The number of benzene rings is 1. The molecule has 0 aliphatic rings. The Morgan fingerprint density at radius 2 is 1.91 bits per heavy atom. The predicted molar refractivity (Wildman–Crippen MR) is 79.7 cm³/mol. The third-order valence-corrected chi connectivity index (χ3v) is 4.39. The monoisotopic (exact) mass is 329 g/mol. The van der Waals surface area contributed by atoms with Crippen molar-refractivity contribution in [2.45, 2.75) is 25.3 Å². The van der Waals surface area contributed by atoms with Gasteiger partial charge in [-0.1, -0.05) is 30.3 Å². The first-order valence-corrected chi connectivity index (χ1v) is 8.33. The van der Waals surface area contributed by atoms with Crippen molar-refractivity contribution in [2.24, 2.45) is 0 Å². The van der Waals surface area contributed by atoms with Gasteiger partial charge < -0.3 is 9.84 Å². The minimum absolute atomic E-state index is 0.0339. The Balaban J connectivity index is 2.61. The van der Waals surface area contributed by atoms with Crippen molar-refractivity contribution in [1.29, 1.82) is 0 Å². The summed E-state index contributed by atoms with van der Waals surface area (Å²) >= 11 is 0. The molecule has 22 heavy (non-hydrogen) atoms. The van der Waals surface area contributed by atoms with Gasteiger partial charge in [-0.25, -0.2) is 13.1 Å². The van der Waals surface area contributed by atoms with Crippen molar-refractivity contribution in [2.75, 3.05) is 12.9 Å². The van der Waals surface area contributed by atoms with Crippen LogP contribution >= 0.6 is 0 Å². The molecule has 2 N–H and O–H groups in total. The topological polar surface area (TPSA) is 110 Å². The minimum Gasteiger partial charge on any atom is -0.480 e. The number of rotatable bonds is 9. The zero-order valence-electron chi connectivity index (χ0n) is 12.2. The molecule has 0 aliphatic carbocycles. The summed E-state index contributed by atoms with van der Waals surface area (Å²) in [6, 6.07) is 7.49. The second-order valence-corrected chi connectivity index (χ2v) is 6.57. The molecule has 0 heterocycles. The van der Waals surface area contributed by atoms with Gasteiger partial charge in [-0.2, -0.15) is 0 Å². The van der Waals surface area contributed by atoms with E-state index in [2.05, 4.69) is 9.46 Å². The fraction of sp³-hybridized carbons (Fsp3) is 0.429. The number of carboxylic acid groups (broad SMARTS) is 1. The highest BCUT2D eigenvalue weighted by Crippen LogP contribution is 2.06. The van der Waals surface area contributed by atoms with Crippen molar-refractivity contribution in [3.63, 3.8) is 0 Å². The number of hydrogen-bond donors (Lipinski definition) is 2. The third kappa shape index (κ3) is 6.68. The first-order valence-electron chi connectivity index (χ1n) is 6.67. The van der Waals surface area contributed by atoms with E-state index in [0.29, 0.717) is 5.56 Å². The average Bonchev–Trinajstić information content (AvgIpc) is 2.47. The molecule has 1 aromatic rings. The lowest BCUT2D eigenvalue weighted by Crippen LogP contribution is -2.43. The molecule has 1 rings (SSSR count). The first-order chi connectivity index (χ1) is 10.3. The summed E-state index contributed by atoms with van der Waals surface area (Å²) in [4.78, 5) is 22.1. The smallest absolute Gasteiger partial charge is 0.322 e. The molecule has 0 fully saturated rings. The number of aliphatic carboxylic acids is 1. The van der Waals surface area contributed by atoms with Crippen LogP contribution in [0.1, 0.15) is 18.4 Å². The van der Waals surface area contributed by atoms with Gasteiger partial charge >= 0.3 is 11.9 Å². The van der Waals surface area contributed by atoms with E-state index in [1.54, 1.807) is 30.3 Å². The zero-order valence-corrected chi connectivity index (χ0v) is 13.0. The fourth-order valence-corrected chi connectivity index (χ4v) is 3.07. The van der Waals surface area contributed by atoms with E-state index in [4.69, 9.17) is 5.11 Å². The van der Waals surface area contributed by atoms with Crippen LogP contribution in [0.3, 0.4) is 0 Å². The molecule has 0 aromatic heterocycles. The molecular weight excluding hydrogens is 310 g/mol. The van der Waals surface area contributed by atoms with Crippen LogP contribution in [0.5, 0.6) is 0 Å². The number of methoxy groups -OCH3 is 1. The summed E-state index contributed by atoms with van der Waals surface area (Å²) in [5.74, 6) is -2.09. The van der Waals surface area contributed by atoms with Crippen LogP contribution in [0.2, 0.25) is 0 Å². The third-order valence-electron chi connectivity index (χ3n) is 2.92. The fourth-order valence-electron chi connectivity index (χ4n) is 1.81. The molecule has 7 nitrogen and oxygen atoms in total. The summed E-state index contributed by atoms with van der Waals surface area (Å²) in [5.41, 5.74) is 0.715. The molecule has 1 atom stereocenters. The minimum atomic E-state index is -3.79. The van der Waals surface area contributed by atoms with Gasteiger partial charge in [-0.3, -0.25) is 9.59 Å². The van der Waals surface area contributed by atoms with Crippen molar-refractivity contribution >= 4 is 22.0 Å². The van der Waals surface area contributed by atoms with E-state index in [1.807, 2.05) is 0 Å². The standard InChI is InChI=1S/C14H19NO6S/c1-21-13(16)8-5-9-22(19,20)15-12(14(17)18)10-11-6-3-2-4-7-11/h2-4,6-7,12,15H,5,8-10H2,1H3,(H,17,18)/t12-/m1/s1.